The van der Waals surface area contributed by atoms with Crippen LogP contribution in [0.4, 0.5) is 0 Å². The molecule has 0 saturated carbocycles. The molecule has 2 nitrogen and oxygen atoms in total. The molecular formula is C11H10Br2N2. The lowest BCUT2D eigenvalue weighted by Gasteiger charge is -2.05. The molecule has 0 aliphatic heterocycles. The molecule has 0 aliphatic carbocycles. The molecular weight excluding hydrogens is 320 g/mol. The molecule has 0 radical (unpaired) electrons. The third-order valence-corrected chi connectivity index (χ3v) is 3.41. The highest BCUT2D eigenvalue weighted by Gasteiger charge is 2.06. The summed E-state index contributed by atoms with van der Waals surface area (Å²) in [7, 11) is 0. The van der Waals surface area contributed by atoms with Crippen molar-refractivity contribution in [2.75, 3.05) is 0 Å². The summed E-state index contributed by atoms with van der Waals surface area (Å²) in [4.78, 5) is 0. The summed E-state index contributed by atoms with van der Waals surface area (Å²) in [6, 6.07) is 8.11. The lowest BCUT2D eigenvalue weighted by molar-refractivity contribution is 0.845. The molecule has 1 aromatic heterocycles. The average molecular weight is 330 g/mol. The van der Waals surface area contributed by atoms with Crippen molar-refractivity contribution in [1.29, 1.82) is 0 Å². The molecule has 0 atom stereocenters. The smallest absolute Gasteiger partial charge is 0.0660 e. The highest BCUT2D eigenvalue weighted by molar-refractivity contribution is 9.10. The molecule has 4 heteroatoms. The summed E-state index contributed by atoms with van der Waals surface area (Å²) in [5, 5.41) is 5.20. The fraction of sp³-hybridized carbons (Fsp3) is 0.182. The second kappa shape index (κ2) is 4.49. The Morgan fingerprint density at radius 2 is 2.20 bits per heavy atom. The van der Waals surface area contributed by atoms with Crippen LogP contribution in [-0.4, -0.2) is 9.78 Å². The average Bonchev–Trinajstić information content (AvgIpc) is 2.59. The Labute approximate surface area is 106 Å². The number of hydrogen-bond donors (Lipinski definition) is 0. The van der Waals surface area contributed by atoms with E-state index in [2.05, 4.69) is 49.9 Å². The van der Waals surface area contributed by atoms with Gasteiger partial charge in [0.2, 0.25) is 0 Å². The van der Waals surface area contributed by atoms with Crippen LogP contribution in [0.25, 0.3) is 5.69 Å². The molecule has 0 amide bonds. The monoisotopic (exact) mass is 328 g/mol. The van der Waals surface area contributed by atoms with Crippen molar-refractivity contribution in [2.24, 2.45) is 0 Å². The third kappa shape index (κ3) is 2.16. The van der Waals surface area contributed by atoms with Crippen molar-refractivity contribution < 1.29 is 0 Å². The molecule has 0 spiro atoms. The molecule has 0 aliphatic rings. The number of alkyl halides is 1. The van der Waals surface area contributed by atoms with Crippen molar-refractivity contribution in [3.05, 3.63) is 46.2 Å². The molecule has 0 N–H and O–H groups in total. The van der Waals surface area contributed by atoms with Crippen molar-refractivity contribution in [2.45, 2.75) is 12.3 Å². The largest absolute Gasteiger partial charge is 0.238 e. The molecule has 0 fully saturated rings. The van der Waals surface area contributed by atoms with Crippen molar-refractivity contribution in [3.8, 4) is 5.69 Å². The zero-order chi connectivity index (χ0) is 10.8. The molecule has 0 bridgehead atoms. The van der Waals surface area contributed by atoms with E-state index in [-0.39, 0.29) is 0 Å². The third-order valence-electron chi connectivity index (χ3n) is 2.31. The van der Waals surface area contributed by atoms with Gasteiger partial charge in [-0.15, -0.1) is 0 Å². The highest BCUT2D eigenvalue weighted by atomic mass is 79.9. The van der Waals surface area contributed by atoms with Crippen molar-refractivity contribution in [1.82, 2.24) is 9.78 Å². The van der Waals surface area contributed by atoms with E-state index < -0.39 is 0 Å². The minimum Gasteiger partial charge on any atom is -0.238 e. The van der Waals surface area contributed by atoms with Gasteiger partial charge in [-0.3, -0.25) is 0 Å². The molecule has 0 unspecified atom stereocenters. The SMILES string of the molecule is Cc1c(CBr)cnn1-c1cccc(Br)c1. The predicted octanol–water partition coefficient (Wildman–Crippen LogP) is 3.84. The fourth-order valence-electron chi connectivity index (χ4n) is 1.44. The number of aromatic nitrogens is 2. The van der Waals surface area contributed by atoms with Crippen molar-refractivity contribution >= 4 is 31.9 Å². The van der Waals surface area contributed by atoms with Crippen LogP contribution in [0.3, 0.4) is 0 Å². The highest BCUT2D eigenvalue weighted by Crippen LogP contribution is 2.19. The van der Waals surface area contributed by atoms with Gasteiger partial charge in [0.25, 0.3) is 0 Å². The first-order valence-electron chi connectivity index (χ1n) is 4.58. The Morgan fingerprint density at radius 1 is 1.40 bits per heavy atom. The standard InChI is InChI=1S/C11H10Br2N2/c1-8-9(6-12)7-14-15(8)11-4-2-3-10(13)5-11/h2-5,7H,6H2,1H3. The maximum absolute atomic E-state index is 4.36. The molecule has 15 heavy (non-hydrogen) atoms. The zero-order valence-electron chi connectivity index (χ0n) is 8.24. The first-order valence-corrected chi connectivity index (χ1v) is 6.49. The van der Waals surface area contributed by atoms with Crippen LogP contribution in [0.1, 0.15) is 11.3 Å². The van der Waals surface area contributed by atoms with Crippen LogP contribution in [-0.2, 0) is 5.33 Å². The van der Waals surface area contributed by atoms with E-state index in [9.17, 15) is 0 Å². The predicted molar refractivity (Wildman–Crippen MR) is 68.6 cm³/mol. The lowest BCUT2D eigenvalue weighted by Crippen LogP contribution is -1.98. The van der Waals surface area contributed by atoms with Gasteiger partial charge in [0.1, 0.15) is 0 Å². The Kier molecular flexibility index (Phi) is 3.26. The molecule has 1 heterocycles. The van der Waals surface area contributed by atoms with E-state index in [0.29, 0.717) is 0 Å². The van der Waals surface area contributed by atoms with Crippen LogP contribution < -0.4 is 0 Å². The summed E-state index contributed by atoms with van der Waals surface area (Å²) in [6.45, 7) is 2.07. The lowest BCUT2D eigenvalue weighted by atomic mass is 10.3. The number of benzene rings is 1. The number of halogens is 2. The Hall–Kier alpha value is -0.610. The van der Waals surface area contributed by atoms with Gasteiger partial charge in [-0.1, -0.05) is 37.9 Å². The second-order valence-corrected chi connectivity index (χ2v) is 4.76. The first-order chi connectivity index (χ1) is 7.22. The minimum atomic E-state index is 0.840. The van der Waals surface area contributed by atoms with Gasteiger partial charge in [-0.25, -0.2) is 4.68 Å². The van der Waals surface area contributed by atoms with E-state index in [1.807, 2.05) is 29.1 Å². The van der Waals surface area contributed by atoms with Gasteiger partial charge in [0.05, 0.1) is 11.9 Å². The van der Waals surface area contributed by atoms with Crippen LogP contribution in [0.5, 0.6) is 0 Å². The van der Waals surface area contributed by atoms with Gasteiger partial charge in [0.15, 0.2) is 0 Å². The van der Waals surface area contributed by atoms with Crippen LogP contribution in [0.2, 0.25) is 0 Å². The van der Waals surface area contributed by atoms with Gasteiger partial charge < -0.3 is 0 Å². The molecule has 78 valence electrons. The fourth-order valence-corrected chi connectivity index (χ4v) is 2.38. The number of nitrogens with zero attached hydrogens (tertiary/aromatic N) is 2. The number of hydrogen-bond acceptors (Lipinski definition) is 1. The molecule has 0 saturated heterocycles. The zero-order valence-corrected chi connectivity index (χ0v) is 11.4. The van der Waals surface area contributed by atoms with E-state index in [1.54, 1.807) is 0 Å². The minimum absolute atomic E-state index is 0.840. The van der Waals surface area contributed by atoms with Crippen LogP contribution in [0, 0.1) is 6.92 Å². The summed E-state index contributed by atoms with van der Waals surface area (Å²) < 4.78 is 3.01. The van der Waals surface area contributed by atoms with Crippen LogP contribution in [0.15, 0.2) is 34.9 Å². The van der Waals surface area contributed by atoms with Gasteiger partial charge >= 0.3 is 0 Å². The normalized spacial score (nSPS) is 10.6. The molecule has 2 rings (SSSR count). The van der Waals surface area contributed by atoms with Gasteiger partial charge in [-0.2, -0.15) is 5.10 Å². The summed E-state index contributed by atoms with van der Waals surface area (Å²) >= 11 is 6.90. The van der Waals surface area contributed by atoms with E-state index in [0.717, 1.165) is 15.5 Å². The van der Waals surface area contributed by atoms with E-state index >= 15 is 0 Å². The topological polar surface area (TPSA) is 17.8 Å². The molecule has 2 aromatic rings. The Bertz CT molecular complexity index is 477. The summed E-state index contributed by atoms with van der Waals surface area (Å²) in [5.74, 6) is 0. The van der Waals surface area contributed by atoms with E-state index in [4.69, 9.17) is 0 Å². The van der Waals surface area contributed by atoms with Gasteiger partial charge in [-0.05, 0) is 25.1 Å². The van der Waals surface area contributed by atoms with Crippen LogP contribution >= 0.6 is 31.9 Å². The Morgan fingerprint density at radius 3 is 2.80 bits per heavy atom. The maximum Gasteiger partial charge on any atom is 0.0660 e. The van der Waals surface area contributed by atoms with E-state index in [1.165, 1.54) is 11.3 Å². The Balaban J connectivity index is 2.49. The summed E-state index contributed by atoms with van der Waals surface area (Å²) in [5.41, 5.74) is 3.47. The quantitative estimate of drug-likeness (QED) is 0.765. The second-order valence-electron chi connectivity index (χ2n) is 3.28. The maximum atomic E-state index is 4.36. The first kappa shape index (κ1) is 10.9. The summed E-state index contributed by atoms with van der Waals surface area (Å²) in [6.07, 6.45) is 1.89. The number of rotatable bonds is 2. The van der Waals surface area contributed by atoms with Gasteiger partial charge in [0, 0.05) is 21.1 Å². The van der Waals surface area contributed by atoms with Crippen molar-refractivity contribution in [3.63, 3.8) is 0 Å². The molecule has 1 aromatic carbocycles.